The van der Waals surface area contributed by atoms with E-state index in [0.29, 0.717) is 6.42 Å². The summed E-state index contributed by atoms with van der Waals surface area (Å²) >= 11 is 6.21. The highest BCUT2D eigenvalue weighted by Crippen LogP contribution is 2.55. The first-order valence-electron chi connectivity index (χ1n) is 7.82. The summed E-state index contributed by atoms with van der Waals surface area (Å²) in [4.78, 5) is 36.6. The van der Waals surface area contributed by atoms with Crippen molar-refractivity contribution in [3.05, 3.63) is 28.7 Å². The largest absolute Gasteiger partial charge is 0.298 e. The zero-order chi connectivity index (χ0) is 17.9. The van der Waals surface area contributed by atoms with Crippen LogP contribution in [0.4, 0.5) is 8.78 Å². The number of hydrogen-bond acceptors (Lipinski definition) is 5. The number of Topliss-reactive ketones (excluding diaryl/α,β-unsaturated/α-hetero) is 3. The number of aromatic nitrogens is 3. The summed E-state index contributed by atoms with van der Waals surface area (Å²) in [7, 11) is 0. The van der Waals surface area contributed by atoms with E-state index < -0.39 is 35.1 Å². The van der Waals surface area contributed by atoms with Gasteiger partial charge in [-0.15, -0.1) is 10.2 Å². The Bertz CT molecular complexity index is 924. The Morgan fingerprint density at radius 2 is 1.88 bits per heavy atom. The van der Waals surface area contributed by atoms with Gasteiger partial charge in [-0.3, -0.25) is 18.8 Å². The fourth-order valence-corrected chi connectivity index (χ4v) is 3.50. The first kappa shape index (κ1) is 16.3. The van der Waals surface area contributed by atoms with Crippen molar-refractivity contribution in [2.45, 2.75) is 37.5 Å². The highest BCUT2D eigenvalue weighted by atomic mass is 35.5. The summed E-state index contributed by atoms with van der Waals surface area (Å²) in [5.41, 5.74) is 0.0326. The van der Waals surface area contributed by atoms with Crippen molar-refractivity contribution in [2.75, 3.05) is 0 Å². The lowest BCUT2D eigenvalue weighted by molar-refractivity contribution is -0.133. The molecule has 4 rings (SSSR count). The fraction of sp³-hybridized carbons (Fsp3) is 0.438. The number of nitrogens with zero attached hydrogens (tertiary/aromatic N) is 3. The van der Waals surface area contributed by atoms with E-state index in [-0.39, 0.29) is 41.3 Å². The average molecular weight is 368 g/mol. The molecule has 2 aromatic heterocycles. The lowest BCUT2D eigenvalue weighted by atomic mass is 9.82. The smallest absolute Gasteiger partial charge is 0.259 e. The second-order valence-electron chi connectivity index (χ2n) is 6.40. The molecule has 0 aliphatic heterocycles. The van der Waals surface area contributed by atoms with E-state index in [9.17, 15) is 23.2 Å². The molecule has 2 heterocycles. The van der Waals surface area contributed by atoms with Gasteiger partial charge in [0.15, 0.2) is 23.0 Å². The number of rotatable bonds is 3. The van der Waals surface area contributed by atoms with Gasteiger partial charge in [0.05, 0.1) is 10.9 Å². The maximum Gasteiger partial charge on any atom is 0.259 e. The average Bonchev–Trinajstić information content (AvgIpc) is 2.99. The number of alkyl halides is 2. The second kappa shape index (κ2) is 5.39. The highest BCUT2D eigenvalue weighted by molar-refractivity contribution is 6.38. The standard InChI is InChI=1S/C16H12ClF2N3O3/c17-12-7(13(25)11-9(23)2-1-3-10(11)24)4-5-22-14(20-21-15(12)22)8-6-16(8,18)19/h4-5,8,11H,1-3,6H2. The molecule has 6 nitrogen and oxygen atoms in total. The molecule has 130 valence electrons. The van der Waals surface area contributed by atoms with Crippen molar-refractivity contribution in [1.29, 1.82) is 0 Å². The minimum atomic E-state index is -2.81. The minimum absolute atomic E-state index is 0.0238. The molecular formula is C16H12ClF2N3O3. The van der Waals surface area contributed by atoms with E-state index in [1.807, 2.05) is 0 Å². The topological polar surface area (TPSA) is 81.4 Å². The lowest BCUT2D eigenvalue weighted by Gasteiger charge is -2.18. The molecule has 2 aliphatic rings. The van der Waals surface area contributed by atoms with E-state index in [1.54, 1.807) is 0 Å². The summed E-state index contributed by atoms with van der Waals surface area (Å²) in [6, 6.07) is 1.32. The molecule has 2 aromatic rings. The van der Waals surface area contributed by atoms with Crippen LogP contribution in [-0.4, -0.2) is 37.9 Å². The molecule has 2 aliphatic carbocycles. The molecule has 9 heteroatoms. The van der Waals surface area contributed by atoms with Crippen molar-refractivity contribution in [2.24, 2.45) is 5.92 Å². The third kappa shape index (κ3) is 2.47. The molecule has 1 atom stereocenters. The van der Waals surface area contributed by atoms with Gasteiger partial charge in [-0.05, 0) is 12.5 Å². The summed E-state index contributed by atoms with van der Waals surface area (Å²) < 4.78 is 27.9. The Morgan fingerprint density at radius 1 is 1.24 bits per heavy atom. The van der Waals surface area contributed by atoms with Crippen molar-refractivity contribution in [3.8, 4) is 0 Å². The predicted octanol–water partition coefficient (Wildman–Crippen LogP) is 2.63. The van der Waals surface area contributed by atoms with Crippen molar-refractivity contribution >= 4 is 34.6 Å². The van der Waals surface area contributed by atoms with Crippen LogP contribution in [-0.2, 0) is 9.59 Å². The Morgan fingerprint density at radius 3 is 2.48 bits per heavy atom. The van der Waals surface area contributed by atoms with E-state index in [1.165, 1.54) is 16.7 Å². The highest BCUT2D eigenvalue weighted by Gasteiger charge is 2.60. The van der Waals surface area contributed by atoms with Crippen molar-refractivity contribution in [1.82, 2.24) is 14.6 Å². The molecule has 1 unspecified atom stereocenters. The molecule has 25 heavy (non-hydrogen) atoms. The molecule has 2 saturated carbocycles. The van der Waals surface area contributed by atoms with Crippen LogP contribution in [0, 0.1) is 5.92 Å². The van der Waals surface area contributed by atoms with Crippen LogP contribution < -0.4 is 0 Å². The van der Waals surface area contributed by atoms with Gasteiger partial charge in [0.2, 0.25) is 0 Å². The number of carbonyl (C=O) groups is 3. The monoisotopic (exact) mass is 367 g/mol. The number of hydrogen-bond donors (Lipinski definition) is 0. The van der Waals surface area contributed by atoms with Gasteiger partial charge in [0, 0.05) is 31.0 Å². The second-order valence-corrected chi connectivity index (χ2v) is 6.77. The van der Waals surface area contributed by atoms with Gasteiger partial charge in [-0.25, -0.2) is 8.78 Å². The van der Waals surface area contributed by atoms with E-state index >= 15 is 0 Å². The normalized spacial score (nSPS) is 23.2. The van der Waals surface area contributed by atoms with Gasteiger partial charge < -0.3 is 0 Å². The van der Waals surface area contributed by atoms with Crippen LogP contribution >= 0.6 is 11.6 Å². The van der Waals surface area contributed by atoms with Crippen LogP contribution in [0.25, 0.3) is 5.65 Å². The molecule has 0 aromatic carbocycles. The summed E-state index contributed by atoms with van der Waals surface area (Å²) in [5, 5.41) is 7.46. The zero-order valence-electron chi connectivity index (χ0n) is 12.8. The number of pyridine rings is 1. The van der Waals surface area contributed by atoms with E-state index in [2.05, 4.69) is 10.2 Å². The molecule has 0 saturated heterocycles. The van der Waals surface area contributed by atoms with Gasteiger partial charge in [0.25, 0.3) is 5.92 Å². The SMILES string of the molecule is O=C1CCCC(=O)C1C(=O)c1ccn2c(C3CC3(F)F)nnc2c1Cl. The number of fused-ring (bicyclic) bond motifs is 1. The Labute approximate surface area is 145 Å². The molecule has 0 bridgehead atoms. The lowest BCUT2D eigenvalue weighted by Crippen LogP contribution is -2.35. The third-order valence-electron chi connectivity index (χ3n) is 4.70. The first-order valence-corrected chi connectivity index (χ1v) is 8.19. The third-order valence-corrected chi connectivity index (χ3v) is 5.07. The summed E-state index contributed by atoms with van der Waals surface area (Å²) in [6.45, 7) is 0. The molecule has 0 N–H and O–H groups in total. The predicted molar refractivity (Wildman–Crippen MR) is 82.0 cm³/mol. The molecule has 2 fully saturated rings. The van der Waals surface area contributed by atoms with Crippen LogP contribution in [0.3, 0.4) is 0 Å². The Kier molecular flexibility index (Phi) is 3.50. The maximum absolute atomic E-state index is 13.3. The molecule has 0 radical (unpaired) electrons. The van der Waals surface area contributed by atoms with Gasteiger partial charge in [0.1, 0.15) is 11.7 Å². The van der Waals surface area contributed by atoms with Crippen LogP contribution in [0.2, 0.25) is 5.02 Å². The zero-order valence-corrected chi connectivity index (χ0v) is 13.6. The van der Waals surface area contributed by atoms with E-state index in [0.717, 1.165) is 0 Å². The Balaban J connectivity index is 1.74. The van der Waals surface area contributed by atoms with Gasteiger partial charge >= 0.3 is 0 Å². The maximum atomic E-state index is 13.3. The Hall–Kier alpha value is -2.22. The number of carbonyl (C=O) groups excluding carboxylic acids is 3. The van der Waals surface area contributed by atoms with Crippen molar-refractivity contribution in [3.63, 3.8) is 0 Å². The quantitative estimate of drug-likeness (QED) is 0.615. The summed E-state index contributed by atoms with van der Waals surface area (Å²) in [6.07, 6.45) is 1.85. The van der Waals surface area contributed by atoms with Crippen LogP contribution in [0.5, 0.6) is 0 Å². The van der Waals surface area contributed by atoms with Gasteiger partial charge in [-0.2, -0.15) is 0 Å². The number of ketones is 3. The van der Waals surface area contributed by atoms with Crippen molar-refractivity contribution < 1.29 is 23.2 Å². The first-order chi connectivity index (χ1) is 11.8. The molecule has 0 spiro atoms. The van der Waals surface area contributed by atoms with Gasteiger partial charge in [-0.1, -0.05) is 11.6 Å². The van der Waals surface area contributed by atoms with E-state index in [4.69, 9.17) is 11.6 Å². The number of halogens is 3. The van der Waals surface area contributed by atoms with Crippen LogP contribution in [0.1, 0.15) is 47.8 Å². The minimum Gasteiger partial charge on any atom is -0.298 e. The summed E-state index contributed by atoms with van der Waals surface area (Å²) in [5.74, 6) is -6.63. The molecule has 0 amide bonds. The fourth-order valence-electron chi connectivity index (χ4n) is 3.22. The van der Waals surface area contributed by atoms with Crippen LogP contribution in [0.15, 0.2) is 12.3 Å². The molecular weight excluding hydrogens is 356 g/mol.